The third-order valence-electron chi connectivity index (χ3n) is 2.63. The van der Waals surface area contributed by atoms with Gasteiger partial charge in [-0.05, 0) is 11.6 Å². The third-order valence-corrected chi connectivity index (χ3v) is 2.63. The number of nitrogens with two attached hydrogens (primary N) is 1. The Labute approximate surface area is 97.8 Å². The maximum absolute atomic E-state index is 11.7. The normalized spacial score (nSPS) is 19.9. The lowest BCUT2D eigenvalue weighted by atomic mass is 10.1. The Kier molecular flexibility index (Phi) is 3.03. The van der Waals surface area contributed by atoms with E-state index in [9.17, 15) is 9.59 Å². The van der Waals surface area contributed by atoms with E-state index in [1.54, 1.807) is 0 Å². The first-order valence-electron chi connectivity index (χ1n) is 5.49. The molecule has 2 amide bonds. The molecule has 8 nitrogen and oxygen atoms in total. The molecule has 0 aliphatic carbocycles. The van der Waals surface area contributed by atoms with E-state index < -0.39 is 11.8 Å². The van der Waals surface area contributed by atoms with E-state index in [0.29, 0.717) is 6.54 Å². The average Bonchev–Trinajstić information content (AvgIpc) is 2.85. The minimum Gasteiger partial charge on any atom is -0.369 e. The van der Waals surface area contributed by atoms with Gasteiger partial charge in [-0.25, -0.2) is 0 Å². The van der Waals surface area contributed by atoms with E-state index in [1.165, 1.54) is 9.70 Å². The summed E-state index contributed by atoms with van der Waals surface area (Å²) in [6, 6.07) is 0. The quantitative estimate of drug-likeness (QED) is 0.718. The molecule has 1 aromatic heterocycles. The van der Waals surface area contributed by atoms with Gasteiger partial charge in [-0.3, -0.25) is 14.5 Å². The molecule has 1 aliphatic rings. The molecule has 2 rings (SSSR count). The van der Waals surface area contributed by atoms with Crippen molar-refractivity contribution in [2.75, 3.05) is 11.4 Å². The van der Waals surface area contributed by atoms with Crippen molar-refractivity contribution >= 4 is 17.8 Å². The van der Waals surface area contributed by atoms with E-state index in [2.05, 4.69) is 15.4 Å². The smallest absolute Gasteiger partial charge is 0.272 e. The van der Waals surface area contributed by atoms with E-state index in [0.717, 1.165) is 6.42 Å². The minimum absolute atomic E-state index is 0.123. The number of carbonyl (C=O) groups is 2. The van der Waals surface area contributed by atoms with Gasteiger partial charge in [0.1, 0.15) is 0 Å². The van der Waals surface area contributed by atoms with E-state index in [1.807, 2.05) is 6.92 Å². The Morgan fingerprint density at radius 1 is 1.59 bits per heavy atom. The highest BCUT2D eigenvalue weighted by Crippen LogP contribution is 2.21. The van der Waals surface area contributed by atoms with Crippen LogP contribution in [0.15, 0.2) is 0 Å². The molecule has 17 heavy (non-hydrogen) atoms. The van der Waals surface area contributed by atoms with Crippen molar-refractivity contribution in [2.24, 2.45) is 11.7 Å². The number of hydrogen-bond acceptors (Lipinski definition) is 5. The van der Waals surface area contributed by atoms with Gasteiger partial charge < -0.3 is 5.73 Å². The van der Waals surface area contributed by atoms with Crippen molar-refractivity contribution in [1.82, 2.24) is 20.2 Å². The summed E-state index contributed by atoms with van der Waals surface area (Å²) in [4.78, 5) is 25.5. The van der Waals surface area contributed by atoms with Gasteiger partial charge in [-0.15, -0.1) is 5.10 Å². The monoisotopic (exact) mass is 238 g/mol. The number of amides is 2. The van der Waals surface area contributed by atoms with Crippen LogP contribution in [0, 0.1) is 5.92 Å². The highest BCUT2D eigenvalue weighted by Gasteiger charge is 2.36. The molecule has 0 radical (unpaired) electrons. The van der Waals surface area contributed by atoms with Gasteiger partial charge >= 0.3 is 0 Å². The summed E-state index contributed by atoms with van der Waals surface area (Å²) in [5.41, 5.74) is 5.17. The Balaban J connectivity index is 2.11. The van der Waals surface area contributed by atoms with Gasteiger partial charge in [0.2, 0.25) is 11.8 Å². The largest absolute Gasteiger partial charge is 0.369 e. The lowest BCUT2D eigenvalue weighted by Gasteiger charge is -2.09. The minimum atomic E-state index is -0.471. The second-order valence-corrected chi connectivity index (χ2v) is 3.99. The first kappa shape index (κ1) is 11.5. The molecule has 1 aliphatic heterocycles. The summed E-state index contributed by atoms with van der Waals surface area (Å²) in [7, 11) is 0. The number of nitrogens with zero attached hydrogens (tertiary/aromatic N) is 5. The number of hydrogen-bond donors (Lipinski definition) is 1. The maximum Gasteiger partial charge on any atom is 0.272 e. The zero-order valence-electron chi connectivity index (χ0n) is 9.54. The third kappa shape index (κ3) is 2.24. The predicted octanol–water partition coefficient (Wildman–Crippen LogP) is -1.08. The Bertz CT molecular complexity index is 442. The Morgan fingerprint density at radius 3 is 2.94 bits per heavy atom. The van der Waals surface area contributed by atoms with Crippen molar-refractivity contribution in [3.8, 4) is 0 Å². The number of primary amides is 1. The summed E-state index contributed by atoms with van der Waals surface area (Å²) in [5.74, 6) is -0.875. The van der Waals surface area contributed by atoms with Crippen LogP contribution in [0.3, 0.4) is 0 Å². The zero-order valence-corrected chi connectivity index (χ0v) is 9.54. The zero-order chi connectivity index (χ0) is 12.4. The Morgan fingerprint density at radius 2 is 2.35 bits per heavy atom. The van der Waals surface area contributed by atoms with Crippen molar-refractivity contribution in [2.45, 2.75) is 26.3 Å². The summed E-state index contributed by atoms with van der Waals surface area (Å²) in [6.45, 7) is 2.88. The fraction of sp³-hybridized carbons (Fsp3) is 0.667. The molecule has 1 atom stereocenters. The molecular weight excluding hydrogens is 224 g/mol. The van der Waals surface area contributed by atoms with Gasteiger partial charge in [0.25, 0.3) is 5.95 Å². The maximum atomic E-state index is 11.7. The molecule has 0 spiro atoms. The highest BCUT2D eigenvalue weighted by molar-refractivity contribution is 5.98. The van der Waals surface area contributed by atoms with Crippen molar-refractivity contribution in [3.05, 3.63) is 0 Å². The van der Waals surface area contributed by atoms with Crippen molar-refractivity contribution < 1.29 is 9.59 Å². The molecule has 0 unspecified atom stereocenters. The lowest BCUT2D eigenvalue weighted by Crippen LogP contribution is -2.29. The average molecular weight is 238 g/mol. The van der Waals surface area contributed by atoms with Crippen LogP contribution in [0.25, 0.3) is 0 Å². The summed E-state index contributed by atoms with van der Waals surface area (Å²) >= 11 is 0. The van der Waals surface area contributed by atoms with Crippen LogP contribution >= 0.6 is 0 Å². The van der Waals surface area contributed by atoms with Crippen molar-refractivity contribution in [1.29, 1.82) is 0 Å². The van der Waals surface area contributed by atoms with Crippen LogP contribution in [0.1, 0.15) is 19.8 Å². The second-order valence-electron chi connectivity index (χ2n) is 3.99. The molecule has 2 N–H and O–H groups in total. The van der Waals surface area contributed by atoms with E-state index in [4.69, 9.17) is 5.73 Å². The van der Waals surface area contributed by atoms with Crippen LogP contribution < -0.4 is 10.6 Å². The van der Waals surface area contributed by atoms with Crippen LogP contribution in [-0.2, 0) is 16.1 Å². The number of rotatable bonds is 4. The molecule has 0 aromatic carbocycles. The molecule has 0 bridgehead atoms. The fourth-order valence-electron chi connectivity index (χ4n) is 1.73. The molecule has 2 heterocycles. The standard InChI is InChI=1S/C9H14N6O2/c1-2-3-15-12-9(11-13-15)14-5-6(8(10)17)4-7(14)16/h6H,2-5H2,1H3,(H2,10,17)/t6-/m1/s1. The molecule has 1 aromatic rings. The molecule has 92 valence electrons. The Hall–Kier alpha value is -1.99. The van der Waals surface area contributed by atoms with Crippen LogP contribution in [-0.4, -0.2) is 38.6 Å². The summed E-state index contributed by atoms with van der Waals surface area (Å²) < 4.78 is 0. The van der Waals surface area contributed by atoms with Gasteiger partial charge in [-0.1, -0.05) is 12.0 Å². The summed E-state index contributed by atoms with van der Waals surface area (Å²) in [5, 5.41) is 11.7. The SMILES string of the molecule is CCCn1nnc(N2C[C@H](C(N)=O)CC2=O)n1. The van der Waals surface area contributed by atoms with Gasteiger partial charge in [-0.2, -0.15) is 4.80 Å². The highest BCUT2D eigenvalue weighted by atomic mass is 16.2. The molecule has 0 saturated carbocycles. The number of anilines is 1. The van der Waals surface area contributed by atoms with Gasteiger partial charge in [0.15, 0.2) is 0 Å². The summed E-state index contributed by atoms with van der Waals surface area (Å²) in [6.07, 6.45) is 1.01. The van der Waals surface area contributed by atoms with E-state index in [-0.39, 0.29) is 24.8 Å². The van der Waals surface area contributed by atoms with Gasteiger partial charge in [0.05, 0.1) is 12.5 Å². The molecular formula is C9H14N6O2. The fourth-order valence-corrected chi connectivity index (χ4v) is 1.73. The number of carbonyl (C=O) groups excluding carboxylic acids is 2. The van der Waals surface area contributed by atoms with Crippen LogP contribution in [0.2, 0.25) is 0 Å². The second kappa shape index (κ2) is 4.48. The topological polar surface area (TPSA) is 107 Å². The number of aryl methyl sites for hydroxylation is 1. The van der Waals surface area contributed by atoms with E-state index >= 15 is 0 Å². The predicted molar refractivity (Wildman–Crippen MR) is 57.8 cm³/mol. The molecule has 1 fully saturated rings. The van der Waals surface area contributed by atoms with Crippen LogP contribution in [0.5, 0.6) is 0 Å². The number of tetrazole rings is 1. The first-order chi connectivity index (χ1) is 8.11. The molecule has 1 saturated heterocycles. The lowest BCUT2D eigenvalue weighted by molar-refractivity contribution is -0.123. The van der Waals surface area contributed by atoms with Gasteiger partial charge in [0, 0.05) is 13.0 Å². The van der Waals surface area contributed by atoms with Crippen LogP contribution in [0.4, 0.5) is 5.95 Å². The van der Waals surface area contributed by atoms with Crippen molar-refractivity contribution in [3.63, 3.8) is 0 Å². The molecule has 8 heteroatoms. The number of aromatic nitrogens is 4. The first-order valence-corrected chi connectivity index (χ1v) is 5.49.